The molecular formula is C18H16Cl3N3O2. The number of aryl methyl sites for hydroxylation is 1. The molecule has 0 saturated heterocycles. The lowest BCUT2D eigenvalue weighted by Crippen LogP contribution is -2.59. The Labute approximate surface area is 166 Å². The van der Waals surface area contributed by atoms with Gasteiger partial charge in [-0.15, -0.1) is 11.6 Å². The molecule has 8 heteroatoms. The third kappa shape index (κ3) is 3.05. The average molecular weight is 413 g/mol. The van der Waals surface area contributed by atoms with Crippen LogP contribution in [0, 0.1) is 6.92 Å². The Balaban J connectivity index is 2.33. The largest absolute Gasteiger partial charge is 0.362 e. The van der Waals surface area contributed by atoms with Gasteiger partial charge in [0.05, 0.1) is 5.69 Å². The number of amidine groups is 1. The van der Waals surface area contributed by atoms with Crippen LogP contribution in [-0.2, 0) is 10.5 Å². The highest BCUT2D eigenvalue weighted by Gasteiger charge is 2.46. The highest BCUT2D eigenvalue weighted by molar-refractivity contribution is 6.32. The van der Waals surface area contributed by atoms with Crippen molar-refractivity contribution in [1.82, 2.24) is 10.4 Å². The zero-order valence-corrected chi connectivity index (χ0v) is 16.3. The number of hydrazine groups is 1. The van der Waals surface area contributed by atoms with E-state index >= 15 is 0 Å². The Kier molecular flexibility index (Phi) is 5.17. The lowest BCUT2D eigenvalue weighted by atomic mass is 9.89. The number of alkyl halides is 1. The minimum atomic E-state index is -1.81. The summed E-state index contributed by atoms with van der Waals surface area (Å²) in [5.74, 6) is -0.387. The molecule has 1 heterocycles. The van der Waals surface area contributed by atoms with Gasteiger partial charge in [0.1, 0.15) is 11.7 Å². The summed E-state index contributed by atoms with van der Waals surface area (Å²) in [7, 11) is 0. The summed E-state index contributed by atoms with van der Waals surface area (Å²) in [6, 6.07) is 10.2. The summed E-state index contributed by atoms with van der Waals surface area (Å²) < 4.78 is 0. The van der Waals surface area contributed by atoms with Crippen LogP contribution in [0.4, 0.5) is 5.69 Å². The number of halogens is 3. The minimum absolute atomic E-state index is 0.274. The molecule has 26 heavy (non-hydrogen) atoms. The molecule has 2 N–H and O–H groups in total. The smallest absolute Gasteiger partial charge is 0.253 e. The molecular weight excluding hydrogens is 397 g/mol. The van der Waals surface area contributed by atoms with Crippen LogP contribution in [0.1, 0.15) is 23.6 Å². The Morgan fingerprint density at radius 2 is 1.92 bits per heavy atom. The standard InChI is InChI=1S/C18H16Cl3N3O2/c1-10-7-12(20)8-14-17(10)22-11(2)24(23-16(25)9-19)18(14,26)13-5-3-4-6-15(13)21/h3-8,26H,9H2,1-2H3,(H,23,25). The van der Waals surface area contributed by atoms with Crippen molar-refractivity contribution in [2.24, 2.45) is 4.99 Å². The molecule has 2 aromatic carbocycles. The number of aliphatic hydroxyl groups is 1. The van der Waals surface area contributed by atoms with Gasteiger partial charge in [0.15, 0.2) is 0 Å². The summed E-state index contributed by atoms with van der Waals surface area (Å²) in [6.45, 7) is 3.52. The highest BCUT2D eigenvalue weighted by atomic mass is 35.5. The Morgan fingerprint density at radius 3 is 2.58 bits per heavy atom. The van der Waals surface area contributed by atoms with Gasteiger partial charge in [0.25, 0.3) is 5.91 Å². The van der Waals surface area contributed by atoms with Gasteiger partial charge in [-0.2, -0.15) is 0 Å². The van der Waals surface area contributed by atoms with Gasteiger partial charge in [0.2, 0.25) is 5.72 Å². The van der Waals surface area contributed by atoms with Crippen molar-refractivity contribution in [3.05, 3.63) is 63.1 Å². The third-order valence-electron chi connectivity index (χ3n) is 4.17. The van der Waals surface area contributed by atoms with Crippen molar-refractivity contribution in [2.45, 2.75) is 19.6 Å². The van der Waals surface area contributed by atoms with Crippen LogP contribution in [0.25, 0.3) is 0 Å². The van der Waals surface area contributed by atoms with Crippen molar-refractivity contribution in [1.29, 1.82) is 0 Å². The van der Waals surface area contributed by atoms with Crippen molar-refractivity contribution in [2.75, 3.05) is 5.88 Å². The van der Waals surface area contributed by atoms with E-state index in [1.54, 1.807) is 43.3 Å². The number of benzene rings is 2. The maximum Gasteiger partial charge on any atom is 0.253 e. The number of nitrogens with one attached hydrogen (secondary N) is 1. The molecule has 2 aromatic rings. The van der Waals surface area contributed by atoms with Crippen LogP contribution in [0.5, 0.6) is 0 Å². The van der Waals surface area contributed by atoms with Crippen LogP contribution in [0.2, 0.25) is 10.0 Å². The number of carbonyl (C=O) groups is 1. The first-order valence-corrected chi connectivity index (χ1v) is 9.07. The molecule has 3 rings (SSSR count). The van der Waals surface area contributed by atoms with E-state index in [4.69, 9.17) is 34.8 Å². The molecule has 0 fully saturated rings. The maximum atomic E-state index is 12.0. The first-order chi connectivity index (χ1) is 12.3. The quantitative estimate of drug-likeness (QED) is 0.745. The van der Waals surface area contributed by atoms with E-state index in [1.165, 1.54) is 5.01 Å². The molecule has 0 aromatic heterocycles. The van der Waals surface area contributed by atoms with Crippen molar-refractivity contribution in [3.8, 4) is 0 Å². The van der Waals surface area contributed by atoms with Crippen molar-refractivity contribution in [3.63, 3.8) is 0 Å². The second-order valence-electron chi connectivity index (χ2n) is 5.93. The van der Waals surface area contributed by atoms with E-state index < -0.39 is 11.6 Å². The van der Waals surface area contributed by atoms with Crippen LogP contribution in [-0.4, -0.2) is 27.7 Å². The van der Waals surface area contributed by atoms with Gasteiger partial charge in [-0.25, -0.2) is 10.0 Å². The number of nitrogens with zero attached hydrogens (tertiary/aromatic N) is 2. The number of aliphatic imine (C=N–C) groups is 1. The topological polar surface area (TPSA) is 64.9 Å². The minimum Gasteiger partial charge on any atom is -0.362 e. The van der Waals surface area contributed by atoms with Crippen LogP contribution < -0.4 is 5.43 Å². The van der Waals surface area contributed by atoms with Gasteiger partial charge < -0.3 is 5.11 Å². The monoisotopic (exact) mass is 411 g/mol. The van der Waals surface area contributed by atoms with Gasteiger partial charge >= 0.3 is 0 Å². The Morgan fingerprint density at radius 1 is 1.23 bits per heavy atom. The van der Waals surface area contributed by atoms with E-state index in [0.717, 1.165) is 5.56 Å². The van der Waals surface area contributed by atoms with Gasteiger partial charge in [-0.3, -0.25) is 10.2 Å². The molecule has 1 amide bonds. The summed E-state index contributed by atoms with van der Waals surface area (Å²) in [5, 5.41) is 13.9. The van der Waals surface area contributed by atoms with E-state index in [0.29, 0.717) is 32.7 Å². The first-order valence-electron chi connectivity index (χ1n) is 7.78. The fraction of sp³-hybridized carbons (Fsp3) is 0.222. The SMILES string of the molecule is CC1=Nc2c(C)cc(Cl)cc2C(O)(c2ccccc2Cl)N1NC(=O)CCl. The number of rotatable bonds is 3. The number of amides is 1. The van der Waals surface area contributed by atoms with Gasteiger partial charge in [-0.05, 0) is 37.6 Å². The fourth-order valence-corrected chi connectivity index (χ4v) is 3.64. The van der Waals surface area contributed by atoms with Crippen molar-refractivity contribution >= 4 is 52.2 Å². The number of hydrogen-bond donors (Lipinski definition) is 2. The molecule has 1 aliphatic rings. The molecule has 0 saturated carbocycles. The molecule has 1 aliphatic heterocycles. The molecule has 0 spiro atoms. The zero-order chi connectivity index (χ0) is 19.1. The predicted octanol–water partition coefficient (Wildman–Crippen LogP) is 4.13. The molecule has 1 atom stereocenters. The molecule has 1 unspecified atom stereocenters. The van der Waals surface area contributed by atoms with Crippen LogP contribution >= 0.6 is 34.8 Å². The number of fused-ring (bicyclic) bond motifs is 1. The zero-order valence-electron chi connectivity index (χ0n) is 14.1. The number of hydrogen-bond acceptors (Lipinski definition) is 4. The molecule has 0 bridgehead atoms. The lowest BCUT2D eigenvalue weighted by molar-refractivity contribution is -0.131. The molecule has 0 radical (unpaired) electrons. The molecule has 5 nitrogen and oxygen atoms in total. The predicted molar refractivity (Wildman–Crippen MR) is 104 cm³/mol. The third-order valence-corrected chi connectivity index (χ3v) is 4.96. The second-order valence-corrected chi connectivity index (χ2v) is 7.04. The van der Waals surface area contributed by atoms with E-state index in [-0.39, 0.29) is 5.88 Å². The summed E-state index contributed by atoms with van der Waals surface area (Å²) >= 11 is 18.2. The maximum absolute atomic E-state index is 12.0. The summed E-state index contributed by atoms with van der Waals surface area (Å²) in [4.78, 5) is 16.5. The summed E-state index contributed by atoms with van der Waals surface area (Å²) in [5.41, 5.74) is 2.95. The molecule has 136 valence electrons. The van der Waals surface area contributed by atoms with E-state index in [1.807, 2.05) is 6.92 Å². The lowest BCUT2D eigenvalue weighted by Gasteiger charge is -2.44. The normalized spacial score (nSPS) is 19.0. The van der Waals surface area contributed by atoms with E-state index in [9.17, 15) is 9.90 Å². The van der Waals surface area contributed by atoms with Gasteiger partial charge in [0, 0.05) is 21.2 Å². The van der Waals surface area contributed by atoms with E-state index in [2.05, 4.69) is 10.4 Å². The number of carbonyl (C=O) groups excluding carboxylic acids is 1. The Hall–Kier alpha value is -1.79. The van der Waals surface area contributed by atoms with Gasteiger partial charge in [-0.1, -0.05) is 41.4 Å². The first kappa shape index (κ1) is 19.0. The molecule has 0 aliphatic carbocycles. The van der Waals surface area contributed by atoms with Crippen molar-refractivity contribution < 1.29 is 9.90 Å². The van der Waals surface area contributed by atoms with Crippen LogP contribution in [0.15, 0.2) is 41.4 Å². The second kappa shape index (κ2) is 7.08. The Bertz CT molecular complexity index is 917. The summed E-state index contributed by atoms with van der Waals surface area (Å²) in [6.07, 6.45) is 0. The average Bonchev–Trinajstić information content (AvgIpc) is 2.60. The fourth-order valence-electron chi connectivity index (χ4n) is 3.04. The highest BCUT2D eigenvalue weighted by Crippen LogP contribution is 2.46. The van der Waals surface area contributed by atoms with Crippen LogP contribution in [0.3, 0.4) is 0 Å².